The Morgan fingerprint density at radius 2 is 1.65 bits per heavy atom. The molecule has 0 radical (unpaired) electrons. The van der Waals surface area contributed by atoms with Gasteiger partial charge in [-0.1, -0.05) is 53.5 Å². The Labute approximate surface area is 129 Å². The van der Waals surface area contributed by atoms with Crippen molar-refractivity contribution in [2.45, 2.75) is 18.3 Å². The van der Waals surface area contributed by atoms with Crippen LogP contribution in [0.1, 0.15) is 29.4 Å². The first-order valence-electron chi connectivity index (χ1n) is 6.96. The summed E-state index contributed by atoms with van der Waals surface area (Å²) in [6, 6.07) is 16.4. The Hall–Kier alpha value is -1.02. The van der Waals surface area contributed by atoms with Crippen LogP contribution in [0.4, 0.5) is 0 Å². The molecule has 0 saturated carbocycles. The fourth-order valence-corrected chi connectivity index (χ4v) is 3.47. The maximum absolute atomic E-state index is 6.39. The van der Waals surface area contributed by atoms with Crippen LogP contribution < -0.4 is 5.32 Å². The van der Waals surface area contributed by atoms with Gasteiger partial charge >= 0.3 is 0 Å². The van der Waals surface area contributed by atoms with Gasteiger partial charge < -0.3 is 5.32 Å². The zero-order valence-electron chi connectivity index (χ0n) is 11.2. The normalized spacial score (nSPS) is 22.7. The van der Waals surface area contributed by atoms with Crippen molar-refractivity contribution in [1.29, 1.82) is 0 Å². The van der Waals surface area contributed by atoms with Crippen LogP contribution in [-0.2, 0) is 0 Å². The topological polar surface area (TPSA) is 12.0 Å². The number of hydrogen-bond donors (Lipinski definition) is 1. The summed E-state index contributed by atoms with van der Waals surface area (Å²) in [6.45, 7) is 2.03. The first-order chi connectivity index (χ1) is 9.75. The van der Waals surface area contributed by atoms with Gasteiger partial charge in [0.05, 0.1) is 0 Å². The zero-order chi connectivity index (χ0) is 13.9. The zero-order valence-corrected chi connectivity index (χ0v) is 12.7. The standard InChI is InChI=1S/C17H17Cl2N/c18-13-7-5-12(6-8-13)16-11-20-10-9-14(16)15-3-1-2-4-17(15)19/h1-8,14,16,20H,9-11H2. The van der Waals surface area contributed by atoms with E-state index in [4.69, 9.17) is 23.2 Å². The van der Waals surface area contributed by atoms with Gasteiger partial charge in [0.15, 0.2) is 0 Å². The number of nitrogens with one attached hydrogen (secondary N) is 1. The van der Waals surface area contributed by atoms with E-state index in [1.165, 1.54) is 11.1 Å². The third-order valence-electron chi connectivity index (χ3n) is 4.08. The first-order valence-corrected chi connectivity index (χ1v) is 7.72. The predicted octanol–water partition coefficient (Wildman–Crippen LogP) is 4.85. The molecule has 2 unspecified atom stereocenters. The van der Waals surface area contributed by atoms with Gasteiger partial charge in [-0.2, -0.15) is 0 Å². The second kappa shape index (κ2) is 6.17. The SMILES string of the molecule is Clc1ccc(C2CNCCC2c2ccccc2Cl)cc1. The van der Waals surface area contributed by atoms with E-state index in [0.29, 0.717) is 11.8 Å². The number of piperidine rings is 1. The van der Waals surface area contributed by atoms with Crippen LogP contribution in [0.15, 0.2) is 48.5 Å². The Kier molecular flexibility index (Phi) is 4.30. The molecular weight excluding hydrogens is 289 g/mol. The molecule has 0 amide bonds. The Balaban J connectivity index is 1.95. The molecule has 2 aromatic rings. The summed E-state index contributed by atoms with van der Waals surface area (Å²) < 4.78 is 0. The minimum absolute atomic E-state index is 0.445. The van der Waals surface area contributed by atoms with Crippen LogP contribution in [0.2, 0.25) is 10.0 Å². The quantitative estimate of drug-likeness (QED) is 0.836. The van der Waals surface area contributed by atoms with Crippen LogP contribution in [0.5, 0.6) is 0 Å². The molecule has 2 atom stereocenters. The second-order valence-corrected chi connectivity index (χ2v) is 6.12. The summed E-state index contributed by atoms with van der Waals surface area (Å²) in [6.07, 6.45) is 1.11. The highest BCUT2D eigenvalue weighted by Crippen LogP contribution is 2.40. The molecule has 104 valence electrons. The van der Waals surface area contributed by atoms with Crippen LogP contribution >= 0.6 is 23.2 Å². The van der Waals surface area contributed by atoms with Crippen molar-refractivity contribution in [3.05, 3.63) is 69.7 Å². The lowest BCUT2D eigenvalue weighted by Crippen LogP contribution is -2.34. The van der Waals surface area contributed by atoms with Crippen molar-refractivity contribution in [3.63, 3.8) is 0 Å². The molecule has 1 aliphatic heterocycles. The maximum atomic E-state index is 6.39. The third kappa shape index (κ3) is 2.85. The Morgan fingerprint density at radius 3 is 2.40 bits per heavy atom. The minimum Gasteiger partial charge on any atom is -0.316 e. The van der Waals surface area contributed by atoms with E-state index in [2.05, 4.69) is 29.6 Å². The molecule has 20 heavy (non-hydrogen) atoms. The van der Waals surface area contributed by atoms with Gasteiger partial charge in [-0.25, -0.2) is 0 Å². The van der Waals surface area contributed by atoms with Crippen molar-refractivity contribution >= 4 is 23.2 Å². The molecule has 1 nitrogen and oxygen atoms in total. The summed E-state index contributed by atoms with van der Waals surface area (Å²) in [5.74, 6) is 0.909. The fraction of sp³-hybridized carbons (Fsp3) is 0.294. The van der Waals surface area contributed by atoms with Crippen LogP contribution in [0.3, 0.4) is 0 Å². The monoisotopic (exact) mass is 305 g/mol. The highest BCUT2D eigenvalue weighted by atomic mass is 35.5. The average molecular weight is 306 g/mol. The van der Waals surface area contributed by atoms with Gasteiger partial charge in [-0.3, -0.25) is 0 Å². The predicted molar refractivity (Wildman–Crippen MR) is 85.9 cm³/mol. The second-order valence-electron chi connectivity index (χ2n) is 5.28. The average Bonchev–Trinajstić information content (AvgIpc) is 2.49. The van der Waals surface area contributed by atoms with Crippen molar-refractivity contribution < 1.29 is 0 Å². The molecule has 0 spiro atoms. The van der Waals surface area contributed by atoms with E-state index in [0.717, 1.165) is 29.6 Å². The molecule has 1 saturated heterocycles. The van der Waals surface area contributed by atoms with E-state index >= 15 is 0 Å². The Bertz CT molecular complexity index is 580. The number of benzene rings is 2. The van der Waals surface area contributed by atoms with E-state index < -0.39 is 0 Å². The lowest BCUT2D eigenvalue weighted by atomic mass is 9.77. The van der Waals surface area contributed by atoms with Crippen molar-refractivity contribution in [3.8, 4) is 0 Å². The summed E-state index contributed by atoms with van der Waals surface area (Å²) in [5, 5.41) is 5.15. The molecule has 0 bridgehead atoms. The molecule has 3 rings (SSSR count). The lowest BCUT2D eigenvalue weighted by molar-refractivity contribution is 0.404. The number of rotatable bonds is 2. The molecule has 0 aromatic heterocycles. The van der Waals surface area contributed by atoms with E-state index in [1.807, 2.05) is 24.3 Å². The van der Waals surface area contributed by atoms with Gasteiger partial charge in [0, 0.05) is 22.5 Å². The fourth-order valence-electron chi connectivity index (χ4n) is 3.07. The van der Waals surface area contributed by atoms with Crippen molar-refractivity contribution in [2.24, 2.45) is 0 Å². The van der Waals surface area contributed by atoms with Crippen LogP contribution in [-0.4, -0.2) is 13.1 Å². The summed E-state index contributed by atoms with van der Waals surface area (Å²) >= 11 is 12.4. The van der Waals surface area contributed by atoms with E-state index in [1.54, 1.807) is 0 Å². The number of hydrogen-bond acceptors (Lipinski definition) is 1. The summed E-state index contributed by atoms with van der Waals surface area (Å²) in [5.41, 5.74) is 2.59. The molecule has 1 fully saturated rings. The highest BCUT2D eigenvalue weighted by molar-refractivity contribution is 6.31. The largest absolute Gasteiger partial charge is 0.316 e. The van der Waals surface area contributed by atoms with Crippen LogP contribution in [0.25, 0.3) is 0 Å². The first kappa shape index (κ1) is 13.9. The molecule has 0 aliphatic carbocycles. The molecule has 1 N–H and O–H groups in total. The van der Waals surface area contributed by atoms with Gasteiger partial charge in [0.2, 0.25) is 0 Å². The Morgan fingerprint density at radius 1 is 0.900 bits per heavy atom. The highest BCUT2D eigenvalue weighted by Gasteiger charge is 2.28. The maximum Gasteiger partial charge on any atom is 0.0441 e. The van der Waals surface area contributed by atoms with E-state index in [-0.39, 0.29) is 0 Å². The van der Waals surface area contributed by atoms with E-state index in [9.17, 15) is 0 Å². The lowest BCUT2D eigenvalue weighted by Gasteiger charge is -2.33. The third-order valence-corrected chi connectivity index (χ3v) is 4.68. The summed E-state index contributed by atoms with van der Waals surface area (Å²) in [4.78, 5) is 0. The molecular formula is C17H17Cl2N. The molecule has 1 aliphatic rings. The van der Waals surface area contributed by atoms with Gasteiger partial charge in [0.1, 0.15) is 0 Å². The van der Waals surface area contributed by atoms with Gasteiger partial charge in [-0.15, -0.1) is 0 Å². The minimum atomic E-state index is 0.445. The molecule has 3 heteroatoms. The molecule has 2 aromatic carbocycles. The van der Waals surface area contributed by atoms with Gasteiger partial charge in [0.25, 0.3) is 0 Å². The van der Waals surface area contributed by atoms with Crippen molar-refractivity contribution in [1.82, 2.24) is 5.32 Å². The molecule has 1 heterocycles. The van der Waals surface area contributed by atoms with Gasteiger partial charge in [-0.05, 0) is 48.2 Å². The van der Waals surface area contributed by atoms with Crippen LogP contribution in [0, 0.1) is 0 Å². The smallest absolute Gasteiger partial charge is 0.0441 e. The summed E-state index contributed by atoms with van der Waals surface area (Å²) in [7, 11) is 0. The van der Waals surface area contributed by atoms with Crippen molar-refractivity contribution in [2.75, 3.05) is 13.1 Å². The number of halogens is 2.